The topological polar surface area (TPSA) is 169 Å². The van der Waals surface area contributed by atoms with E-state index in [9.17, 15) is 19.9 Å². The molecule has 3 heterocycles. The van der Waals surface area contributed by atoms with Crippen LogP contribution in [0, 0.1) is 11.8 Å². The molecular weight excluding hydrogens is 460 g/mol. The predicted octanol–water partition coefficient (Wildman–Crippen LogP) is -0.846. The number of aliphatic hydroxyl groups is 3. The predicted molar refractivity (Wildman–Crippen MR) is 122 cm³/mol. The molecule has 0 aliphatic carbocycles. The summed E-state index contributed by atoms with van der Waals surface area (Å²) in [5.41, 5.74) is -0.613. The van der Waals surface area contributed by atoms with E-state index in [0.29, 0.717) is 12.8 Å². The Bertz CT molecular complexity index is 582. The smallest absolute Gasteiger partial charge is 0.290 e. The van der Waals surface area contributed by atoms with Crippen molar-refractivity contribution in [2.45, 2.75) is 54.9 Å². The summed E-state index contributed by atoms with van der Waals surface area (Å²) in [6.45, 7) is 5.77. The number of rotatable bonds is 5. The maximum atomic E-state index is 11.7. The number of thioether (sulfide) groups is 1. The number of hydrogen-bond acceptors (Lipinski definition) is 10. The van der Waals surface area contributed by atoms with Crippen molar-refractivity contribution >= 4 is 29.6 Å². The van der Waals surface area contributed by atoms with Crippen LogP contribution in [0.5, 0.6) is 0 Å². The standard InChI is InChI=1S/C19H34N2O6S2.CH2O2/c1-12(29(20)25)9-14-4-2-3-13(10-21-5-7-26-8-6-21)11-28-19-17(24)15(22)16(23)18(14)27-19;2-1-3/h2-3,12-19,22-24H,4-11,20H2,1H3;1H,(H,2,3)/t12?,13-,14+,15-,16+,17+,18+,19+,29?;/m0./s1. The number of carboxylic acid groups (broad SMARTS) is 1. The molecule has 9 atom stereocenters. The van der Waals surface area contributed by atoms with E-state index in [4.69, 9.17) is 24.5 Å². The van der Waals surface area contributed by atoms with E-state index in [0.717, 1.165) is 38.6 Å². The first-order valence-electron chi connectivity index (χ1n) is 10.8. The zero-order valence-electron chi connectivity index (χ0n) is 18.3. The Morgan fingerprint density at radius 1 is 1.28 bits per heavy atom. The van der Waals surface area contributed by atoms with Crippen LogP contribution >= 0.6 is 11.8 Å². The fraction of sp³-hybridized carbons (Fsp3) is 0.850. The zero-order chi connectivity index (χ0) is 23.7. The van der Waals surface area contributed by atoms with Gasteiger partial charge >= 0.3 is 0 Å². The zero-order valence-corrected chi connectivity index (χ0v) is 19.9. The van der Waals surface area contributed by atoms with E-state index in [1.54, 1.807) is 0 Å². The van der Waals surface area contributed by atoms with Gasteiger partial charge in [-0.3, -0.25) is 9.69 Å². The summed E-state index contributed by atoms with van der Waals surface area (Å²) in [6.07, 6.45) is 1.19. The summed E-state index contributed by atoms with van der Waals surface area (Å²) < 4.78 is 23.2. The third-order valence-corrected chi connectivity index (χ3v) is 8.35. The maximum absolute atomic E-state index is 11.7. The molecule has 0 amide bonds. The first kappa shape index (κ1) is 27.8. The summed E-state index contributed by atoms with van der Waals surface area (Å²) in [4.78, 5) is 10.7. The highest BCUT2D eigenvalue weighted by Crippen LogP contribution is 2.36. The molecule has 0 aromatic heterocycles. The molecule has 12 heteroatoms. The fourth-order valence-electron chi connectivity index (χ4n) is 4.24. The second-order valence-electron chi connectivity index (χ2n) is 8.35. The number of nitrogens with two attached hydrogens (primary N) is 1. The minimum absolute atomic E-state index is 0.156. The van der Waals surface area contributed by atoms with Crippen LogP contribution in [0.2, 0.25) is 0 Å². The fourth-order valence-corrected chi connectivity index (χ4v) is 5.89. The van der Waals surface area contributed by atoms with Gasteiger partial charge in [-0.05, 0) is 25.2 Å². The van der Waals surface area contributed by atoms with E-state index in [1.807, 2.05) is 6.92 Å². The van der Waals surface area contributed by atoms with Crippen LogP contribution in [0.4, 0.5) is 0 Å². The molecule has 0 saturated carbocycles. The van der Waals surface area contributed by atoms with Crippen LogP contribution in [0.1, 0.15) is 19.8 Å². The molecule has 3 rings (SSSR count). The lowest BCUT2D eigenvalue weighted by Gasteiger charge is -2.44. The third kappa shape index (κ3) is 8.12. The highest BCUT2D eigenvalue weighted by molar-refractivity contribution is 7.99. The lowest BCUT2D eigenvalue weighted by atomic mass is 9.85. The van der Waals surface area contributed by atoms with Gasteiger partial charge in [-0.1, -0.05) is 12.2 Å². The molecule has 10 nitrogen and oxygen atoms in total. The number of aliphatic hydroxyl groups excluding tert-OH is 3. The highest BCUT2D eigenvalue weighted by atomic mass is 32.2. The Hall–Kier alpha value is -0.410. The van der Waals surface area contributed by atoms with Crippen molar-refractivity contribution in [1.82, 2.24) is 4.90 Å². The summed E-state index contributed by atoms with van der Waals surface area (Å²) in [7, 11) is 0. The number of fused-ring (bicyclic) bond motifs is 2. The van der Waals surface area contributed by atoms with E-state index in [2.05, 4.69) is 17.1 Å². The molecule has 3 aliphatic heterocycles. The number of allylic oxidation sites excluding steroid dienone is 1. The van der Waals surface area contributed by atoms with Gasteiger partial charge in [0.25, 0.3) is 6.47 Å². The van der Waals surface area contributed by atoms with E-state index < -0.39 is 41.2 Å². The quantitative estimate of drug-likeness (QED) is 0.183. The molecule has 2 bridgehead atoms. The number of nitrogens with zero attached hydrogens (tertiary/aromatic N) is 1. The number of ether oxygens (including phenoxy) is 2. The van der Waals surface area contributed by atoms with Crippen molar-refractivity contribution in [2.75, 3.05) is 38.6 Å². The van der Waals surface area contributed by atoms with Gasteiger partial charge in [0, 0.05) is 43.2 Å². The lowest BCUT2D eigenvalue weighted by Crippen LogP contribution is -2.59. The number of hydrogen-bond donors (Lipinski definition) is 5. The van der Waals surface area contributed by atoms with Crippen LogP contribution in [-0.2, 0) is 25.6 Å². The molecule has 6 N–H and O–H groups in total. The van der Waals surface area contributed by atoms with Gasteiger partial charge in [0.05, 0.1) is 19.3 Å². The average Bonchev–Trinajstić information content (AvgIpc) is 2.77. The van der Waals surface area contributed by atoms with Gasteiger partial charge < -0.3 is 34.5 Å². The SMILES string of the molecule is CC(C[C@H]1CC=C[C@@H](CN2CCOCC2)CS[C@H]2O[C@H]1[C@H](O)[C@H](O)[C@H]2O)[S+](N)[O-].O=CO. The lowest BCUT2D eigenvalue weighted by molar-refractivity contribution is -0.211. The van der Waals surface area contributed by atoms with Crippen LogP contribution in [0.15, 0.2) is 12.2 Å². The average molecular weight is 497 g/mol. The van der Waals surface area contributed by atoms with Crippen molar-refractivity contribution in [2.24, 2.45) is 17.0 Å². The molecule has 0 aromatic rings. The summed E-state index contributed by atoms with van der Waals surface area (Å²) in [6, 6.07) is 0. The molecule has 2 fully saturated rings. The maximum Gasteiger partial charge on any atom is 0.290 e. The van der Waals surface area contributed by atoms with Gasteiger partial charge in [0.15, 0.2) is 0 Å². The number of carbonyl (C=O) groups is 1. The van der Waals surface area contributed by atoms with Gasteiger partial charge in [-0.2, -0.15) is 5.14 Å². The first-order valence-corrected chi connectivity index (χ1v) is 13.1. The largest absolute Gasteiger partial charge is 0.598 e. The highest BCUT2D eigenvalue weighted by Gasteiger charge is 2.47. The van der Waals surface area contributed by atoms with Crippen molar-refractivity contribution < 1.29 is 39.2 Å². The van der Waals surface area contributed by atoms with Crippen molar-refractivity contribution in [1.29, 1.82) is 0 Å². The minimum Gasteiger partial charge on any atom is -0.598 e. The minimum atomic E-state index is -1.47. The summed E-state index contributed by atoms with van der Waals surface area (Å²) in [5.74, 6) is 0.867. The molecule has 3 aliphatic rings. The van der Waals surface area contributed by atoms with Gasteiger partial charge in [-0.15, -0.1) is 11.8 Å². The Morgan fingerprint density at radius 2 is 1.94 bits per heavy atom. The molecule has 0 spiro atoms. The van der Waals surface area contributed by atoms with Gasteiger partial charge in [0.2, 0.25) is 0 Å². The normalized spacial score (nSPS) is 38.1. The van der Waals surface area contributed by atoms with Crippen LogP contribution in [0.3, 0.4) is 0 Å². The molecule has 32 heavy (non-hydrogen) atoms. The summed E-state index contributed by atoms with van der Waals surface area (Å²) in [5, 5.41) is 43.6. The monoisotopic (exact) mass is 496 g/mol. The molecule has 0 aromatic carbocycles. The van der Waals surface area contributed by atoms with Gasteiger partial charge in [0.1, 0.15) is 29.0 Å². The second-order valence-corrected chi connectivity index (χ2v) is 10.9. The van der Waals surface area contributed by atoms with Crippen molar-refractivity contribution in [3.63, 3.8) is 0 Å². The van der Waals surface area contributed by atoms with E-state index in [1.165, 1.54) is 11.8 Å². The van der Waals surface area contributed by atoms with Crippen LogP contribution < -0.4 is 5.14 Å². The second kappa shape index (κ2) is 14.1. The molecule has 2 saturated heterocycles. The molecule has 0 radical (unpaired) electrons. The van der Waals surface area contributed by atoms with Gasteiger partial charge in [-0.25, -0.2) is 0 Å². The Labute approximate surface area is 196 Å². The molecular formula is C20H36N2O8S2. The first-order chi connectivity index (χ1) is 15.3. The van der Waals surface area contributed by atoms with Crippen molar-refractivity contribution in [3.8, 4) is 0 Å². The Morgan fingerprint density at radius 3 is 2.56 bits per heavy atom. The Kier molecular flexibility index (Phi) is 12.3. The Balaban J connectivity index is 0.00000114. The number of morpholine rings is 1. The molecule has 186 valence electrons. The van der Waals surface area contributed by atoms with E-state index in [-0.39, 0.29) is 23.6 Å². The third-order valence-electron chi connectivity index (χ3n) is 6.02. The molecule has 2 unspecified atom stereocenters. The van der Waals surface area contributed by atoms with Crippen LogP contribution in [0.25, 0.3) is 0 Å². The van der Waals surface area contributed by atoms with Crippen LogP contribution in [-0.4, -0.2) is 110 Å². The summed E-state index contributed by atoms with van der Waals surface area (Å²) >= 11 is 0.00224. The van der Waals surface area contributed by atoms with E-state index >= 15 is 0 Å². The van der Waals surface area contributed by atoms with Crippen molar-refractivity contribution in [3.05, 3.63) is 12.2 Å².